The summed E-state index contributed by atoms with van der Waals surface area (Å²) < 4.78 is 1.22. The summed E-state index contributed by atoms with van der Waals surface area (Å²) in [4.78, 5) is 28.9. The normalized spacial score (nSPS) is 11.0. The van der Waals surface area contributed by atoms with Crippen molar-refractivity contribution in [2.75, 3.05) is 11.9 Å². The second-order valence-electron chi connectivity index (χ2n) is 5.48. The summed E-state index contributed by atoms with van der Waals surface area (Å²) in [5.41, 5.74) is 1.53. The first-order valence-corrected chi connectivity index (χ1v) is 8.35. The van der Waals surface area contributed by atoms with E-state index in [1.165, 1.54) is 10.9 Å². The average molecular weight is 368 g/mol. The van der Waals surface area contributed by atoms with Crippen LogP contribution in [-0.4, -0.2) is 36.3 Å². The summed E-state index contributed by atoms with van der Waals surface area (Å²) in [5, 5.41) is 7.73. The van der Waals surface area contributed by atoms with Gasteiger partial charge in [0.2, 0.25) is 5.95 Å². The van der Waals surface area contributed by atoms with Gasteiger partial charge in [-0.25, -0.2) is 9.97 Å². The van der Waals surface area contributed by atoms with Gasteiger partial charge in [0.25, 0.3) is 5.56 Å². The average Bonchev–Trinajstić information content (AvgIpc) is 3.05. The highest BCUT2D eigenvalue weighted by atomic mass is 35.5. The maximum Gasteiger partial charge on any atom is 0.283 e. The lowest BCUT2D eigenvalue weighted by molar-refractivity contribution is 0.778. The molecular formula is C17H14ClN7O. The summed E-state index contributed by atoms with van der Waals surface area (Å²) in [7, 11) is 0. The first kappa shape index (κ1) is 16.2. The zero-order valence-electron chi connectivity index (χ0n) is 13.8. The monoisotopic (exact) mass is 367 g/mol. The van der Waals surface area contributed by atoms with Crippen LogP contribution in [-0.2, 0) is 0 Å². The standard InChI is InChI=1S/C17H14ClN7O/c1-2-19-17-20-7-6-14(24-17)25-16(26)11(5-8-21-25)15-22-12-4-3-10(18)9-13(12)23-15/h3-9H,2H2,1H3,(H,22,23)(H,19,20,24). The minimum Gasteiger partial charge on any atom is -0.354 e. The van der Waals surface area contributed by atoms with Crippen LogP contribution < -0.4 is 10.9 Å². The Hall–Kier alpha value is -3.26. The summed E-state index contributed by atoms with van der Waals surface area (Å²) in [6.45, 7) is 2.61. The third-order valence-electron chi connectivity index (χ3n) is 3.74. The molecule has 0 unspecified atom stereocenters. The minimum absolute atomic E-state index is 0.334. The molecule has 26 heavy (non-hydrogen) atoms. The maximum absolute atomic E-state index is 12.9. The minimum atomic E-state index is -0.334. The number of H-pyrrole nitrogens is 1. The molecule has 0 fully saturated rings. The van der Waals surface area contributed by atoms with Gasteiger partial charge in [0, 0.05) is 30.0 Å². The molecule has 3 heterocycles. The van der Waals surface area contributed by atoms with E-state index in [9.17, 15) is 4.79 Å². The van der Waals surface area contributed by atoms with Crippen LogP contribution >= 0.6 is 11.6 Å². The molecule has 2 N–H and O–H groups in total. The largest absolute Gasteiger partial charge is 0.354 e. The Morgan fingerprint density at radius 3 is 2.92 bits per heavy atom. The molecular weight excluding hydrogens is 354 g/mol. The number of benzene rings is 1. The van der Waals surface area contributed by atoms with E-state index in [2.05, 4.69) is 30.4 Å². The zero-order valence-corrected chi connectivity index (χ0v) is 14.5. The van der Waals surface area contributed by atoms with Crippen LogP contribution in [0.5, 0.6) is 0 Å². The zero-order chi connectivity index (χ0) is 18.1. The summed E-state index contributed by atoms with van der Waals surface area (Å²) in [6.07, 6.45) is 3.11. The van der Waals surface area contributed by atoms with E-state index in [4.69, 9.17) is 11.6 Å². The second-order valence-corrected chi connectivity index (χ2v) is 5.91. The van der Waals surface area contributed by atoms with Gasteiger partial charge in [-0.05, 0) is 31.2 Å². The number of nitrogens with zero attached hydrogens (tertiary/aromatic N) is 5. The molecule has 4 aromatic rings. The number of rotatable bonds is 4. The number of hydrogen-bond donors (Lipinski definition) is 2. The Labute approximate surface area is 152 Å². The van der Waals surface area contributed by atoms with E-state index in [0.717, 1.165) is 11.0 Å². The van der Waals surface area contributed by atoms with Gasteiger partial charge in [0.05, 0.1) is 16.6 Å². The Bertz CT molecular complexity index is 1150. The van der Waals surface area contributed by atoms with Gasteiger partial charge in [-0.15, -0.1) is 0 Å². The number of aromatic nitrogens is 6. The topological polar surface area (TPSA) is 101 Å². The van der Waals surface area contributed by atoms with Gasteiger partial charge in [-0.2, -0.15) is 14.8 Å². The van der Waals surface area contributed by atoms with Crippen LogP contribution in [0.15, 0.2) is 47.5 Å². The molecule has 0 bridgehead atoms. The quantitative estimate of drug-likeness (QED) is 0.575. The molecule has 1 aromatic carbocycles. The van der Waals surface area contributed by atoms with Crippen molar-refractivity contribution in [3.05, 3.63) is 58.1 Å². The van der Waals surface area contributed by atoms with Crippen LogP contribution in [0.25, 0.3) is 28.2 Å². The van der Waals surface area contributed by atoms with Crippen molar-refractivity contribution in [2.45, 2.75) is 6.92 Å². The van der Waals surface area contributed by atoms with Gasteiger partial charge < -0.3 is 10.3 Å². The molecule has 0 aliphatic carbocycles. The Morgan fingerprint density at radius 2 is 2.08 bits per heavy atom. The van der Waals surface area contributed by atoms with Crippen molar-refractivity contribution >= 4 is 28.6 Å². The van der Waals surface area contributed by atoms with Crippen molar-refractivity contribution < 1.29 is 0 Å². The smallest absolute Gasteiger partial charge is 0.283 e. The van der Waals surface area contributed by atoms with E-state index < -0.39 is 0 Å². The third-order valence-corrected chi connectivity index (χ3v) is 3.97. The van der Waals surface area contributed by atoms with E-state index in [-0.39, 0.29) is 5.56 Å². The Kier molecular flexibility index (Phi) is 4.10. The highest BCUT2D eigenvalue weighted by Gasteiger charge is 2.13. The fraction of sp³-hybridized carbons (Fsp3) is 0.118. The van der Waals surface area contributed by atoms with Gasteiger partial charge in [-0.1, -0.05) is 11.6 Å². The molecule has 4 rings (SSSR count). The number of imidazole rings is 1. The predicted molar refractivity (Wildman–Crippen MR) is 99.7 cm³/mol. The van der Waals surface area contributed by atoms with E-state index in [1.807, 2.05) is 6.92 Å². The Balaban J connectivity index is 1.82. The van der Waals surface area contributed by atoms with Crippen LogP contribution in [0.2, 0.25) is 5.02 Å². The molecule has 0 aliphatic rings. The number of hydrogen-bond acceptors (Lipinski definition) is 6. The molecule has 0 aliphatic heterocycles. The van der Waals surface area contributed by atoms with Gasteiger partial charge in [0.1, 0.15) is 5.82 Å². The van der Waals surface area contributed by atoms with Gasteiger partial charge >= 0.3 is 0 Å². The Morgan fingerprint density at radius 1 is 1.19 bits per heavy atom. The molecule has 0 radical (unpaired) electrons. The first-order valence-electron chi connectivity index (χ1n) is 7.97. The summed E-state index contributed by atoms with van der Waals surface area (Å²) in [5.74, 6) is 1.26. The maximum atomic E-state index is 12.9. The van der Waals surface area contributed by atoms with E-state index in [1.54, 1.807) is 36.5 Å². The van der Waals surface area contributed by atoms with Crippen molar-refractivity contribution in [1.29, 1.82) is 0 Å². The highest BCUT2D eigenvalue weighted by molar-refractivity contribution is 6.31. The van der Waals surface area contributed by atoms with E-state index >= 15 is 0 Å². The number of anilines is 1. The van der Waals surface area contributed by atoms with Crippen LogP contribution in [0.4, 0.5) is 5.95 Å². The number of nitrogens with one attached hydrogen (secondary N) is 2. The van der Waals surface area contributed by atoms with E-state index in [0.29, 0.717) is 34.7 Å². The lowest BCUT2D eigenvalue weighted by Crippen LogP contribution is -2.23. The fourth-order valence-electron chi connectivity index (χ4n) is 2.58. The number of fused-ring (bicyclic) bond motifs is 1. The van der Waals surface area contributed by atoms with Crippen LogP contribution in [0.3, 0.4) is 0 Å². The fourth-order valence-corrected chi connectivity index (χ4v) is 2.75. The third kappa shape index (κ3) is 2.91. The molecule has 0 saturated heterocycles. The predicted octanol–water partition coefficient (Wildman–Crippen LogP) is 2.65. The van der Waals surface area contributed by atoms with Gasteiger partial charge in [0.15, 0.2) is 5.82 Å². The first-order chi connectivity index (χ1) is 12.7. The van der Waals surface area contributed by atoms with Gasteiger partial charge in [-0.3, -0.25) is 4.79 Å². The highest BCUT2D eigenvalue weighted by Crippen LogP contribution is 2.21. The second kappa shape index (κ2) is 6.57. The molecule has 0 atom stereocenters. The van der Waals surface area contributed by atoms with Crippen molar-refractivity contribution in [3.8, 4) is 17.2 Å². The van der Waals surface area contributed by atoms with Crippen molar-refractivity contribution in [1.82, 2.24) is 29.7 Å². The van der Waals surface area contributed by atoms with Crippen molar-refractivity contribution in [2.24, 2.45) is 0 Å². The molecule has 0 amide bonds. The van der Waals surface area contributed by atoms with Crippen LogP contribution in [0.1, 0.15) is 6.92 Å². The lowest BCUT2D eigenvalue weighted by Gasteiger charge is -2.06. The SMILES string of the molecule is CCNc1nccc(-n2nccc(-c3nc4ccc(Cl)cc4[nH]3)c2=O)n1. The molecule has 130 valence electrons. The molecule has 8 nitrogen and oxygen atoms in total. The molecule has 3 aromatic heterocycles. The van der Waals surface area contributed by atoms with Crippen LogP contribution in [0, 0.1) is 0 Å². The van der Waals surface area contributed by atoms with Crippen molar-refractivity contribution in [3.63, 3.8) is 0 Å². The summed E-state index contributed by atoms with van der Waals surface area (Å²) >= 11 is 6.01. The number of aromatic amines is 1. The molecule has 0 spiro atoms. The molecule has 0 saturated carbocycles. The number of halogens is 1. The lowest BCUT2D eigenvalue weighted by atomic mass is 10.3. The molecule has 9 heteroatoms. The summed E-state index contributed by atoms with van der Waals surface area (Å²) in [6, 6.07) is 8.55.